The molecule has 0 aromatic rings. The van der Waals surface area contributed by atoms with Gasteiger partial charge in [0.1, 0.15) is 0 Å². The molecule has 0 heterocycles. The second-order valence-electron chi connectivity index (χ2n) is 1.94. The van der Waals surface area contributed by atoms with E-state index in [0.717, 1.165) is 13.1 Å². The van der Waals surface area contributed by atoms with Gasteiger partial charge in [-0.15, -0.1) is 0 Å². The fourth-order valence-corrected chi connectivity index (χ4v) is 0.668. The van der Waals surface area contributed by atoms with Crippen LogP contribution in [-0.4, -0.2) is 44.8 Å². The van der Waals surface area contributed by atoms with Gasteiger partial charge in [0.05, 0.1) is 13.2 Å². The highest BCUT2D eigenvalue weighted by molar-refractivity contribution is 7.77. The molecule has 0 saturated heterocycles. The largest absolute Gasteiger partial charge is 0.383 e. The first kappa shape index (κ1) is 10.2. The van der Waals surface area contributed by atoms with E-state index in [1.165, 1.54) is 0 Å². The molecule has 3 nitrogen and oxygen atoms in total. The van der Waals surface area contributed by atoms with E-state index in [0.29, 0.717) is 13.2 Å². The van der Waals surface area contributed by atoms with Crippen molar-refractivity contribution >= 4 is 12.8 Å². The number of methoxy groups -OCH3 is 2. The summed E-state index contributed by atoms with van der Waals surface area (Å²) < 4.78 is 11.6. The zero-order valence-electron chi connectivity index (χ0n) is 6.54. The number of hydrogen-bond acceptors (Lipinski definition) is 4. The molecule has 0 aromatic carbocycles. The molecule has 10 heavy (non-hydrogen) atoms. The number of rotatable bonds is 6. The molecule has 0 unspecified atom stereocenters. The maximum atomic E-state index is 4.86. The standard InChI is InChI=1S/C6H15NO2S/c1-8-5-3-7(10)4-6-9-2/h10H,3-6H2,1-2H3. The number of hydrogen-bond donors (Lipinski definition) is 1. The van der Waals surface area contributed by atoms with Crippen LogP contribution in [0.5, 0.6) is 0 Å². The lowest BCUT2D eigenvalue weighted by molar-refractivity contribution is 0.155. The molecular weight excluding hydrogens is 150 g/mol. The summed E-state index contributed by atoms with van der Waals surface area (Å²) >= 11 is 4.17. The summed E-state index contributed by atoms with van der Waals surface area (Å²) in [5.74, 6) is 0. The van der Waals surface area contributed by atoms with Gasteiger partial charge < -0.3 is 9.47 Å². The van der Waals surface area contributed by atoms with Crippen molar-refractivity contribution in [3.63, 3.8) is 0 Å². The summed E-state index contributed by atoms with van der Waals surface area (Å²) in [5.41, 5.74) is 0. The van der Waals surface area contributed by atoms with Crippen molar-refractivity contribution in [1.29, 1.82) is 0 Å². The summed E-state index contributed by atoms with van der Waals surface area (Å²) in [5, 5.41) is 0. The normalized spacial score (nSPS) is 10.8. The molecule has 0 rings (SSSR count). The highest BCUT2D eigenvalue weighted by atomic mass is 32.1. The minimum atomic E-state index is 0.715. The van der Waals surface area contributed by atoms with Crippen molar-refractivity contribution in [3.05, 3.63) is 0 Å². The van der Waals surface area contributed by atoms with Gasteiger partial charge in [-0.3, -0.25) is 0 Å². The van der Waals surface area contributed by atoms with Crippen LogP contribution in [0.2, 0.25) is 0 Å². The summed E-state index contributed by atoms with van der Waals surface area (Å²) in [7, 11) is 3.36. The van der Waals surface area contributed by atoms with E-state index in [1.54, 1.807) is 14.2 Å². The Morgan fingerprint density at radius 1 is 1.10 bits per heavy atom. The molecule has 0 bridgehead atoms. The Morgan fingerprint density at radius 3 is 1.80 bits per heavy atom. The van der Waals surface area contributed by atoms with Crippen molar-refractivity contribution in [2.24, 2.45) is 0 Å². The van der Waals surface area contributed by atoms with Crippen LogP contribution < -0.4 is 0 Å². The number of thiol groups is 1. The minimum Gasteiger partial charge on any atom is -0.383 e. The second kappa shape index (κ2) is 7.34. The van der Waals surface area contributed by atoms with Gasteiger partial charge in [0.25, 0.3) is 0 Å². The molecular formula is C6H15NO2S. The molecule has 0 spiro atoms. The third kappa shape index (κ3) is 6.35. The first-order valence-corrected chi connectivity index (χ1v) is 3.63. The lowest BCUT2D eigenvalue weighted by Gasteiger charge is -2.12. The highest BCUT2D eigenvalue weighted by Crippen LogP contribution is 1.91. The molecule has 62 valence electrons. The van der Waals surface area contributed by atoms with E-state index < -0.39 is 0 Å². The molecule has 0 N–H and O–H groups in total. The van der Waals surface area contributed by atoms with Crippen LogP contribution in [0.25, 0.3) is 0 Å². The van der Waals surface area contributed by atoms with Crippen LogP contribution in [0, 0.1) is 0 Å². The van der Waals surface area contributed by atoms with Gasteiger partial charge in [0, 0.05) is 27.3 Å². The van der Waals surface area contributed by atoms with Gasteiger partial charge >= 0.3 is 0 Å². The average molecular weight is 165 g/mol. The van der Waals surface area contributed by atoms with Gasteiger partial charge in [-0.25, -0.2) is 4.31 Å². The van der Waals surface area contributed by atoms with Crippen LogP contribution in [0.4, 0.5) is 0 Å². The quantitative estimate of drug-likeness (QED) is 0.577. The molecule has 0 amide bonds. The van der Waals surface area contributed by atoms with Gasteiger partial charge in [0.15, 0.2) is 0 Å². The van der Waals surface area contributed by atoms with Crippen molar-refractivity contribution < 1.29 is 9.47 Å². The van der Waals surface area contributed by atoms with Crippen LogP contribution in [0.3, 0.4) is 0 Å². The van der Waals surface area contributed by atoms with E-state index in [-0.39, 0.29) is 0 Å². The van der Waals surface area contributed by atoms with E-state index >= 15 is 0 Å². The van der Waals surface area contributed by atoms with E-state index in [1.807, 2.05) is 4.31 Å². The molecule has 0 radical (unpaired) electrons. The smallest absolute Gasteiger partial charge is 0.0599 e. The fourth-order valence-electron chi connectivity index (χ4n) is 0.505. The maximum absolute atomic E-state index is 4.86. The Hall–Kier alpha value is 0.230. The average Bonchev–Trinajstić information content (AvgIpc) is 1.97. The molecule has 0 atom stereocenters. The van der Waals surface area contributed by atoms with Crippen LogP contribution in [0.15, 0.2) is 0 Å². The zero-order valence-corrected chi connectivity index (χ0v) is 7.43. The molecule has 0 aliphatic rings. The Balaban J connectivity index is 3.00. The van der Waals surface area contributed by atoms with Gasteiger partial charge in [-0.05, 0) is 0 Å². The summed E-state index contributed by atoms with van der Waals surface area (Å²) in [6, 6.07) is 0. The third-order valence-corrected chi connectivity index (χ3v) is 1.51. The predicted molar refractivity (Wildman–Crippen MR) is 44.3 cm³/mol. The Bertz CT molecular complexity index is 64.8. The minimum absolute atomic E-state index is 0.715. The van der Waals surface area contributed by atoms with Crippen LogP contribution >= 0.6 is 12.8 Å². The maximum Gasteiger partial charge on any atom is 0.0599 e. The molecule has 0 aliphatic heterocycles. The van der Waals surface area contributed by atoms with E-state index in [2.05, 4.69) is 12.8 Å². The third-order valence-electron chi connectivity index (χ3n) is 1.11. The van der Waals surface area contributed by atoms with Crippen molar-refractivity contribution in [2.45, 2.75) is 0 Å². The second-order valence-corrected chi connectivity index (χ2v) is 2.50. The van der Waals surface area contributed by atoms with Gasteiger partial charge in [0.2, 0.25) is 0 Å². The van der Waals surface area contributed by atoms with Crippen molar-refractivity contribution in [2.75, 3.05) is 40.5 Å². The molecule has 0 fully saturated rings. The SMILES string of the molecule is COCCN(S)CCOC. The summed E-state index contributed by atoms with van der Waals surface area (Å²) in [6.45, 7) is 3.10. The van der Waals surface area contributed by atoms with Crippen LogP contribution in [0.1, 0.15) is 0 Å². The predicted octanol–water partition coefficient (Wildman–Crippen LogP) is 0.426. The lowest BCUT2D eigenvalue weighted by Crippen LogP contribution is -2.21. The molecule has 4 heteroatoms. The Kier molecular flexibility index (Phi) is 7.51. The molecule has 0 aromatic heterocycles. The zero-order chi connectivity index (χ0) is 7.82. The first-order chi connectivity index (χ1) is 4.81. The first-order valence-electron chi connectivity index (χ1n) is 3.23. The Morgan fingerprint density at radius 2 is 1.50 bits per heavy atom. The van der Waals surface area contributed by atoms with Crippen LogP contribution in [-0.2, 0) is 9.47 Å². The summed E-state index contributed by atoms with van der Waals surface area (Å²) in [4.78, 5) is 0. The highest BCUT2D eigenvalue weighted by Gasteiger charge is 1.95. The van der Waals surface area contributed by atoms with Gasteiger partial charge in [-0.2, -0.15) is 0 Å². The number of nitrogens with zero attached hydrogens (tertiary/aromatic N) is 1. The van der Waals surface area contributed by atoms with E-state index in [9.17, 15) is 0 Å². The molecule has 0 aliphatic carbocycles. The molecule has 0 saturated carbocycles. The van der Waals surface area contributed by atoms with Crippen molar-refractivity contribution in [1.82, 2.24) is 4.31 Å². The van der Waals surface area contributed by atoms with Crippen molar-refractivity contribution in [3.8, 4) is 0 Å². The topological polar surface area (TPSA) is 21.7 Å². The summed E-state index contributed by atoms with van der Waals surface area (Å²) in [6.07, 6.45) is 0. The fraction of sp³-hybridized carbons (Fsp3) is 1.00. The van der Waals surface area contributed by atoms with Gasteiger partial charge in [-0.1, -0.05) is 12.8 Å². The lowest BCUT2D eigenvalue weighted by atomic mass is 10.6. The number of ether oxygens (including phenoxy) is 2. The monoisotopic (exact) mass is 165 g/mol. The Labute approximate surface area is 67.8 Å². The van der Waals surface area contributed by atoms with E-state index in [4.69, 9.17) is 9.47 Å².